The van der Waals surface area contributed by atoms with Gasteiger partial charge in [0.2, 0.25) is 0 Å². The minimum absolute atomic E-state index is 0.212. The van der Waals surface area contributed by atoms with Crippen molar-refractivity contribution in [1.82, 2.24) is 0 Å². The van der Waals surface area contributed by atoms with Crippen molar-refractivity contribution >= 4 is 14.3 Å². The summed E-state index contributed by atoms with van der Waals surface area (Å²) in [6.45, 7) is 7.72. The molecule has 0 amide bonds. The van der Waals surface area contributed by atoms with Crippen molar-refractivity contribution in [2.75, 3.05) is 6.61 Å². The lowest BCUT2D eigenvalue weighted by atomic mass is 9.96. The zero-order valence-corrected chi connectivity index (χ0v) is 12.8. The molecule has 0 aliphatic rings. The molecule has 1 atom stereocenters. The van der Waals surface area contributed by atoms with Gasteiger partial charge >= 0.3 is 5.97 Å². The van der Waals surface area contributed by atoms with Crippen LogP contribution in [0.3, 0.4) is 0 Å². The van der Waals surface area contributed by atoms with Crippen LogP contribution in [0.15, 0.2) is 30.3 Å². The number of rotatable bonds is 5. The largest absolute Gasteiger partial charge is 0.463 e. The molecule has 0 radical (unpaired) electrons. The molecule has 0 aliphatic carbocycles. The van der Waals surface area contributed by atoms with Crippen LogP contribution in [0.4, 0.5) is 0 Å². The van der Waals surface area contributed by atoms with E-state index in [0.717, 1.165) is 0 Å². The highest BCUT2D eigenvalue weighted by atomic mass is 28.4. The van der Waals surface area contributed by atoms with E-state index in [1.54, 1.807) is 31.2 Å². The topological polar surface area (TPSA) is 59.3 Å². The summed E-state index contributed by atoms with van der Waals surface area (Å²) in [6, 6.07) is 10.8. The second-order valence-corrected chi connectivity index (χ2v) is 9.52. The van der Waals surface area contributed by atoms with E-state index in [-0.39, 0.29) is 6.61 Å². The average molecular weight is 277 g/mol. The van der Waals surface area contributed by atoms with Gasteiger partial charge in [0.05, 0.1) is 6.61 Å². The molecular weight excluding hydrogens is 258 g/mol. The number of esters is 1. The Hall–Kier alpha value is -1.64. The number of nitrogens with zero attached hydrogens (tertiary/aromatic N) is 1. The Morgan fingerprint density at radius 1 is 1.32 bits per heavy atom. The normalized spacial score (nSPS) is 14.3. The van der Waals surface area contributed by atoms with Gasteiger partial charge in [-0.05, 0) is 26.6 Å². The highest BCUT2D eigenvalue weighted by Crippen LogP contribution is 2.30. The van der Waals surface area contributed by atoms with Gasteiger partial charge in [0.15, 0.2) is 8.32 Å². The lowest BCUT2D eigenvalue weighted by Gasteiger charge is -2.31. The molecule has 0 aromatic heterocycles. The predicted molar refractivity (Wildman–Crippen MR) is 74.8 cm³/mol. The molecule has 0 N–H and O–H groups in total. The molecule has 1 aromatic rings. The third kappa shape index (κ3) is 3.66. The Bertz CT molecular complexity index is 476. The minimum Gasteiger partial charge on any atom is -0.463 e. The van der Waals surface area contributed by atoms with Crippen molar-refractivity contribution < 1.29 is 14.0 Å². The molecule has 4 nitrogen and oxygen atoms in total. The summed E-state index contributed by atoms with van der Waals surface area (Å²) >= 11 is 0. The number of carbonyl (C=O) groups is 1. The first kappa shape index (κ1) is 15.4. The predicted octanol–water partition coefficient (Wildman–Crippen LogP) is 2.82. The monoisotopic (exact) mass is 277 g/mol. The molecule has 19 heavy (non-hydrogen) atoms. The van der Waals surface area contributed by atoms with Crippen molar-refractivity contribution in [2.24, 2.45) is 0 Å². The number of hydrogen-bond acceptors (Lipinski definition) is 4. The maximum Gasteiger partial charge on any atom is 0.357 e. The first-order valence-corrected chi connectivity index (χ1v) is 9.60. The van der Waals surface area contributed by atoms with Crippen molar-refractivity contribution in [1.29, 1.82) is 5.26 Å². The van der Waals surface area contributed by atoms with Gasteiger partial charge in [0, 0.05) is 5.56 Å². The van der Waals surface area contributed by atoms with E-state index >= 15 is 0 Å². The summed E-state index contributed by atoms with van der Waals surface area (Å²) < 4.78 is 10.9. The highest BCUT2D eigenvalue weighted by molar-refractivity contribution is 6.70. The molecule has 1 rings (SSSR count). The van der Waals surface area contributed by atoms with Crippen molar-refractivity contribution in [3.05, 3.63) is 35.9 Å². The van der Waals surface area contributed by atoms with Crippen LogP contribution in [0.2, 0.25) is 19.6 Å². The molecule has 1 aromatic carbocycles. The number of carbonyl (C=O) groups excluding carboxylic acids is 1. The lowest BCUT2D eigenvalue weighted by Crippen LogP contribution is -2.46. The maximum absolute atomic E-state index is 12.2. The number of nitriles is 1. The van der Waals surface area contributed by atoms with Crippen LogP contribution >= 0.6 is 0 Å². The van der Waals surface area contributed by atoms with E-state index in [1.165, 1.54) is 0 Å². The van der Waals surface area contributed by atoms with Crippen molar-refractivity contribution in [3.8, 4) is 6.07 Å². The van der Waals surface area contributed by atoms with Crippen molar-refractivity contribution in [2.45, 2.75) is 32.2 Å². The van der Waals surface area contributed by atoms with E-state index in [9.17, 15) is 10.1 Å². The molecule has 0 spiro atoms. The number of hydrogen-bond donors (Lipinski definition) is 0. The maximum atomic E-state index is 12.2. The Labute approximate surface area is 115 Å². The fourth-order valence-corrected chi connectivity index (χ4v) is 2.88. The van der Waals surface area contributed by atoms with Gasteiger partial charge in [-0.3, -0.25) is 0 Å². The Kier molecular flexibility index (Phi) is 4.87. The Balaban J connectivity index is 3.31. The van der Waals surface area contributed by atoms with E-state index in [4.69, 9.17) is 9.16 Å². The van der Waals surface area contributed by atoms with E-state index < -0.39 is 19.9 Å². The molecule has 0 saturated carbocycles. The van der Waals surface area contributed by atoms with Gasteiger partial charge in [0.1, 0.15) is 6.07 Å². The summed E-state index contributed by atoms with van der Waals surface area (Å²) in [5, 5.41) is 9.54. The van der Waals surface area contributed by atoms with Crippen LogP contribution in [0.1, 0.15) is 12.5 Å². The van der Waals surface area contributed by atoms with E-state index in [2.05, 4.69) is 0 Å². The molecule has 0 fully saturated rings. The molecule has 0 heterocycles. The zero-order chi connectivity index (χ0) is 14.5. The molecule has 5 heteroatoms. The van der Waals surface area contributed by atoms with Crippen LogP contribution < -0.4 is 0 Å². The second-order valence-electron chi connectivity index (χ2n) is 5.09. The number of benzene rings is 1. The molecule has 1 unspecified atom stereocenters. The van der Waals surface area contributed by atoms with Crippen LogP contribution in [-0.2, 0) is 19.6 Å². The van der Waals surface area contributed by atoms with Gasteiger partial charge in [-0.1, -0.05) is 30.3 Å². The second kappa shape index (κ2) is 6.00. The first-order chi connectivity index (χ1) is 8.85. The SMILES string of the molecule is CCOC(=O)C(C#N)(O[Si](C)(C)C)c1ccccc1. The third-order valence-electron chi connectivity index (χ3n) is 2.36. The van der Waals surface area contributed by atoms with Gasteiger partial charge in [-0.15, -0.1) is 0 Å². The summed E-state index contributed by atoms with van der Waals surface area (Å²) in [4.78, 5) is 12.2. The van der Waals surface area contributed by atoms with Crippen molar-refractivity contribution in [3.63, 3.8) is 0 Å². The van der Waals surface area contributed by atoms with Gasteiger partial charge in [-0.2, -0.15) is 5.26 Å². The molecule has 102 valence electrons. The lowest BCUT2D eigenvalue weighted by molar-refractivity contribution is -0.158. The highest BCUT2D eigenvalue weighted by Gasteiger charge is 2.46. The Morgan fingerprint density at radius 3 is 2.32 bits per heavy atom. The summed E-state index contributed by atoms with van der Waals surface area (Å²) in [5.41, 5.74) is -1.15. The third-order valence-corrected chi connectivity index (χ3v) is 3.28. The molecule has 0 aliphatic heterocycles. The fraction of sp³-hybridized carbons (Fsp3) is 0.429. The van der Waals surface area contributed by atoms with Crippen LogP contribution in [-0.4, -0.2) is 20.9 Å². The average Bonchev–Trinajstić information content (AvgIpc) is 2.36. The molecule has 0 bridgehead atoms. The zero-order valence-electron chi connectivity index (χ0n) is 11.8. The standard InChI is InChI=1S/C14H19NO3Si/c1-5-17-13(16)14(11-15,18-19(2,3)4)12-9-7-6-8-10-12/h6-10H,5H2,1-4H3. The number of ether oxygens (including phenoxy) is 1. The van der Waals surface area contributed by atoms with Crippen LogP contribution in [0.5, 0.6) is 0 Å². The Morgan fingerprint density at radius 2 is 1.89 bits per heavy atom. The smallest absolute Gasteiger partial charge is 0.357 e. The fourth-order valence-electron chi connectivity index (χ4n) is 1.72. The van der Waals surface area contributed by atoms with Gasteiger partial charge in [-0.25, -0.2) is 4.79 Å². The van der Waals surface area contributed by atoms with Gasteiger partial charge < -0.3 is 9.16 Å². The quantitative estimate of drug-likeness (QED) is 0.613. The summed E-state index contributed by atoms with van der Waals surface area (Å²) in [5.74, 6) is -0.647. The summed E-state index contributed by atoms with van der Waals surface area (Å²) in [6.07, 6.45) is 0. The molecular formula is C14H19NO3Si. The summed E-state index contributed by atoms with van der Waals surface area (Å²) in [7, 11) is -2.11. The van der Waals surface area contributed by atoms with E-state index in [0.29, 0.717) is 5.56 Å². The van der Waals surface area contributed by atoms with Gasteiger partial charge in [0.25, 0.3) is 5.60 Å². The van der Waals surface area contributed by atoms with E-state index in [1.807, 2.05) is 31.8 Å². The molecule has 0 saturated heterocycles. The van der Waals surface area contributed by atoms with Crippen LogP contribution in [0.25, 0.3) is 0 Å². The van der Waals surface area contributed by atoms with Crippen LogP contribution in [0, 0.1) is 11.3 Å². The first-order valence-electron chi connectivity index (χ1n) is 6.20. The minimum atomic E-state index is -2.11.